The number of amides is 2. The minimum atomic E-state index is -4.27. The summed E-state index contributed by atoms with van der Waals surface area (Å²) in [6, 6.07) is 14.9. The van der Waals surface area contributed by atoms with Gasteiger partial charge in [0.2, 0.25) is 11.8 Å². The molecule has 0 aliphatic heterocycles. The number of nitrogens with one attached hydrogen (secondary N) is 1. The number of hydrogen-bond donors (Lipinski definition) is 1. The number of ether oxygens (including phenoxy) is 2. The molecule has 0 bridgehead atoms. The van der Waals surface area contributed by atoms with Crippen LogP contribution >= 0.6 is 23.2 Å². The lowest BCUT2D eigenvalue weighted by molar-refractivity contribution is -0.140. The first-order valence-corrected chi connectivity index (χ1v) is 16.3. The molecule has 0 aliphatic rings. The molecule has 0 heterocycles. The van der Waals surface area contributed by atoms with Gasteiger partial charge in [-0.2, -0.15) is 0 Å². The Kier molecular flexibility index (Phi) is 12.3. The van der Waals surface area contributed by atoms with Gasteiger partial charge in [-0.05, 0) is 55.7 Å². The Bertz CT molecular complexity index is 1540. The van der Waals surface area contributed by atoms with Crippen LogP contribution in [0, 0.1) is 12.8 Å². The van der Waals surface area contributed by atoms with Gasteiger partial charge in [0, 0.05) is 34.8 Å². The van der Waals surface area contributed by atoms with Crippen LogP contribution in [-0.2, 0) is 26.2 Å². The molecule has 9 nitrogen and oxygen atoms in total. The second-order valence-electron chi connectivity index (χ2n) is 10.6. The standard InChI is InChI=1S/C32H39Cl2N3O6S/c1-7-28(32(39)35-18-21(2)3)36(19-25-26(33)9-8-10-27(25)34)31(38)20-37(23-13-16-29(42-5)30(17-23)43-6)44(40,41)24-14-11-22(4)12-15-24/h8-17,21,28H,7,18-20H2,1-6H3,(H,35,39)/t28-/m0/s1. The van der Waals surface area contributed by atoms with Crippen molar-refractivity contribution in [2.24, 2.45) is 5.92 Å². The number of halogens is 2. The maximum absolute atomic E-state index is 14.3. The van der Waals surface area contributed by atoms with Gasteiger partial charge in [-0.25, -0.2) is 8.42 Å². The first-order valence-electron chi connectivity index (χ1n) is 14.1. The van der Waals surface area contributed by atoms with Crippen LogP contribution in [0.2, 0.25) is 10.0 Å². The molecule has 1 atom stereocenters. The molecule has 0 radical (unpaired) electrons. The van der Waals surface area contributed by atoms with Crippen molar-refractivity contribution in [3.63, 3.8) is 0 Å². The Morgan fingerprint density at radius 2 is 1.55 bits per heavy atom. The van der Waals surface area contributed by atoms with E-state index >= 15 is 0 Å². The molecule has 0 aliphatic carbocycles. The van der Waals surface area contributed by atoms with Gasteiger partial charge in [0.25, 0.3) is 10.0 Å². The van der Waals surface area contributed by atoms with Crippen LogP contribution in [0.3, 0.4) is 0 Å². The third-order valence-electron chi connectivity index (χ3n) is 7.00. The molecule has 238 valence electrons. The van der Waals surface area contributed by atoms with E-state index < -0.39 is 28.5 Å². The fourth-order valence-electron chi connectivity index (χ4n) is 4.54. The average Bonchev–Trinajstić information content (AvgIpc) is 2.99. The number of rotatable bonds is 14. The van der Waals surface area contributed by atoms with Gasteiger partial charge in [0.05, 0.1) is 24.8 Å². The third kappa shape index (κ3) is 8.37. The number of nitrogens with zero attached hydrogens (tertiary/aromatic N) is 2. The number of anilines is 1. The Hall–Kier alpha value is -3.47. The van der Waals surface area contributed by atoms with Gasteiger partial charge < -0.3 is 19.7 Å². The zero-order chi connectivity index (χ0) is 32.6. The van der Waals surface area contributed by atoms with E-state index in [1.165, 1.54) is 43.4 Å². The number of sulfonamides is 1. The molecule has 3 aromatic carbocycles. The summed E-state index contributed by atoms with van der Waals surface area (Å²) in [5.74, 6) is -0.146. The summed E-state index contributed by atoms with van der Waals surface area (Å²) in [7, 11) is -1.37. The number of carbonyl (C=O) groups excluding carboxylic acids is 2. The molecule has 1 N–H and O–H groups in total. The molecule has 44 heavy (non-hydrogen) atoms. The predicted octanol–water partition coefficient (Wildman–Crippen LogP) is 6.09. The first kappa shape index (κ1) is 35.0. The SMILES string of the molecule is CC[C@@H](C(=O)NCC(C)C)N(Cc1c(Cl)cccc1Cl)C(=O)CN(c1ccc(OC)c(OC)c1)S(=O)(=O)c1ccc(C)cc1. The van der Waals surface area contributed by atoms with Gasteiger partial charge in [0.1, 0.15) is 12.6 Å². The summed E-state index contributed by atoms with van der Waals surface area (Å²) in [5, 5.41) is 3.53. The van der Waals surface area contributed by atoms with Crippen LogP contribution in [0.25, 0.3) is 0 Å². The largest absolute Gasteiger partial charge is 0.493 e. The molecule has 2 amide bonds. The molecule has 0 saturated heterocycles. The first-order chi connectivity index (χ1) is 20.8. The number of hydrogen-bond acceptors (Lipinski definition) is 6. The van der Waals surface area contributed by atoms with E-state index in [1.807, 2.05) is 20.8 Å². The van der Waals surface area contributed by atoms with Crippen molar-refractivity contribution in [3.05, 3.63) is 81.8 Å². The zero-order valence-corrected chi connectivity index (χ0v) is 28.1. The average molecular weight is 665 g/mol. The van der Waals surface area contributed by atoms with Crippen molar-refractivity contribution >= 4 is 50.7 Å². The highest BCUT2D eigenvalue weighted by Gasteiger charge is 2.34. The van der Waals surface area contributed by atoms with Crippen LogP contribution in [0.1, 0.15) is 38.3 Å². The summed E-state index contributed by atoms with van der Waals surface area (Å²) in [5.41, 5.74) is 1.49. The highest BCUT2D eigenvalue weighted by Crippen LogP contribution is 2.34. The van der Waals surface area contributed by atoms with Crippen LogP contribution in [0.5, 0.6) is 11.5 Å². The second kappa shape index (κ2) is 15.5. The fraction of sp³-hybridized carbons (Fsp3) is 0.375. The maximum atomic E-state index is 14.3. The molecule has 0 saturated carbocycles. The number of benzene rings is 3. The van der Waals surface area contributed by atoms with Crippen LogP contribution in [-0.4, -0.2) is 58.5 Å². The predicted molar refractivity (Wildman–Crippen MR) is 174 cm³/mol. The Morgan fingerprint density at radius 1 is 0.932 bits per heavy atom. The van der Waals surface area contributed by atoms with Crippen molar-refractivity contribution in [1.82, 2.24) is 10.2 Å². The lowest BCUT2D eigenvalue weighted by atomic mass is 10.1. The smallest absolute Gasteiger partial charge is 0.264 e. The molecule has 0 unspecified atom stereocenters. The monoisotopic (exact) mass is 663 g/mol. The maximum Gasteiger partial charge on any atom is 0.264 e. The number of carbonyl (C=O) groups is 2. The van der Waals surface area contributed by atoms with Gasteiger partial charge in [-0.15, -0.1) is 0 Å². The van der Waals surface area contributed by atoms with E-state index in [4.69, 9.17) is 32.7 Å². The van der Waals surface area contributed by atoms with Gasteiger partial charge in [-0.3, -0.25) is 13.9 Å². The van der Waals surface area contributed by atoms with Crippen molar-refractivity contribution in [2.45, 2.75) is 51.6 Å². The number of methoxy groups -OCH3 is 2. The normalized spacial score (nSPS) is 12.0. The van der Waals surface area contributed by atoms with Crippen molar-refractivity contribution in [2.75, 3.05) is 31.6 Å². The van der Waals surface area contributed by atoms with Crippen LogP contribution in [0.4, 0.5) is 5.69 Å². The molecular formula is C32H39Cl2N3O6S. The summed E-state index contributed by atoms with van der Waals surface area (Å²) in [6.45, 7) is 7.22. The van der Waals surface area contributed by atoms with Crippen LogP contribution in [0.15, 0.2) is 65.6 Å². The van der Waals surface area contributed by atoms with E-state index in [2.05, 4.69) is 5.32 Å². The van der Waals surface area contributed by atoms with E-state index in [0.717, 1.165) is 9.87 Å². The fourth-order valence-corrected chi connectivity index (χ4v) is 6.46. The summed E-state index contributed by atoms with van der Waals surface area (Å²) in [6.07, 6.45) is 0.263. The lowest BCUT2D eigenvalue weighted by Crippen LogP contribution is -2.52. The quantitative estimate of drug-likeness (QED) is 0.224. The van der Waals surface area contributed by atoms with E-state index in [1.54, 1.807) is 43.3 Å². The van der Waals surface area contributed by atoms with Crippen molar-refractivity contribution < 1.29 is 27.5 Å². The van der Waals surface area contributed by atoms with E-state index in [-0.39, 0.29) is 41.1 Å². The topological polar surface area (TPSA) is 105 Å². The number of aryl methyl sites for hydroxylation is 1. The van der Waals surface area contributed by atoms with Crippen molar-refractivity contribution in [3.8, 4) is 11.5 Å². The van der Waals surface area contributed by atoms with E-state index in [9.17, 15) is 18.0 Å². The molecule has 0 spiro atoms. The van der Waals surface area contributed by atoms with E-state index in [0.29, 0.717) is 27.9 Å². The molecule has 12 heteroatoms. The van der Waals surface area contributed by atoms with Gasteiger partial charge in [-0.1, -0.05) is 67.7 Å². The minimum Gasteiger partial charge on any atom is -0.493 e. The Labute approximate surface area is 270 Å². The molecule has 3 aromatic rings. The van der Waals surface area contributed by atoms with Crippen LogP contribution < -0.4 is 19.1 Å². The van der Waals surface area contributed by atoms with Crippen molar-refractivity contribution in [1.29, 1.82) is 0 Å². The summed E-state index contributed by atoms with van der Waals surface area (Å²) >= 11 is 13.0. The van der Waals surface area contributed by atoms with Gasteiger partial charge >= 0.3 is 0 Å². The lowest BCUT2D eigenvalue weighted by Gasteiger charge is -2.33. The highest BCUT2D eigenvalue weighted by molar-refractivity contribution is 7.92. The summed E-state index contributed by atoms with van der Waals surface area (Å²) < 4.78 is 40.0. The van der Waals surface area contributed by atoms with Gasteiger partial charge in [0.15, 0.2) is 11.5 Å². The third-order valence-corrected chi connectivity index (χ3v) is 9.50. The minimum absolute atomic E-state index is 0.00639. The Balaban J connectivity index is 2.14. The highest BCUT2D eigenvalue weighted by atomic mass is 35.5. The summed E-state index contributed by atoms with van der Waals surface area (Å²) in [4.78, 5) is 29.0. The molecule has 3 rings (SSSR count). The second-order valence-corrected chi connectivity index (χ2v) is 13.3. The Morgan fingerprint density at radius 3 is 2.09 bits per heavy atom. The molecule has 0 aromatic heterocycles. The molecular weight excluding hydrogens is 625 g/mol. The zero-order valence-electron chi connectivity index (χ0n) is 25.8. The molecule has 0 fully saturated rings.